The SMILES string of the molecule is CCc1ccc(N2C(=O)[C@H]3N=NN(CC(=O)Nc4ccccc4Cl)[C@H]3C2=O)cc1. The first-order valence-corrected chi connectivity index (χ1v) is 9.56. The van der Waals surface area contributed by atoms with Crippen LogP contribution in [0.3, 0.4) is 0 Å². The zero-order valence-corrected chi connectivity index (χ0v) is 16.3. The first-order valence-electron chi connectivity index (χ1n) is 9.18. The van der Waals surface area contributed by atoms with E-state index in [-0.39, 0.29) is 6.54 Å². The van der Waals surface area contributed by atoms with Gasteiger partial charge in [0, 0.05) is 0 Å². The molecule has 2 atom stereocenters. The molecular weight excluding hydrogens is 394 g/mol. The van der Waals surface area contributed by atoms with Gasteiger partial charge < -0.3 is 5.32 Å². The zero-order chi connectivity index (χ0) is 20.5. The number of imide groups is 1. The Morgan fingerprint density at radius 2 is 1.83 bits per heavy atom. The van der Waals surface area contributed by atoms with Crippen molar-refractivity contribution in [1.29, 1.82) is 0 Å². The number of para-hydroxylation sites is 1. The lowest BCUT2D eigenvalue weighted by atomic mass is 10.1. The fraction of sp³-hybridized carbons (Fsp3) is 0.250. The minimum Gasteiger partial charge on any atom is -0.323 e. The maximum atomic E-state index is 12.9. The predicted molar refractivity (Wildman–Crippen MR) is 108 cm³/mol. The third kappa shape index (κ3) is 3.47. The molecule has 1 N–H and O–H groups in total. The van der Waals surface area contributed by atoms with Crippen LogP contribution in [0.1, 0.15) is 12.5 Å². The van der Waals surface area contributed by atoms with E-state index in [0.29, 0.717) is 16.4 Å². The van der Waals surface area contributed by atoms with Crippen LogP contribution in [0.15, 0.2) is 58.9 Å². The summed E-state index contributed by atoms with van der Waals surface area (Å²) in [6.45, 7) is 1.80. The maximum absolute atomic E-state index is 12.9. The van der Waals surface area contributed by atoms with E-state index in [1.54, 1.807) is 36.4 Å². The zero-order valence-electron chi connectivity index (χ0n) is 15.6. The standard InChI is InChI=1S/C20H18ClN5O3/c1-2-12-7-9-13(10-8-12)26-19(28)17-18(20(26)29)25(24-23-17)11-16(27)22-15-6-4-3-5-14(15)21/h3-10,17-18H,2,11H2,1H3,(H,22,27)/t17-,18+/m0/s1. The first kappa shape index (κ1) is 19.1. The van der Waals surface area contributed by atoms with E-state index >= 15 is 0 Å². The van der Waals surface area contributed by atoms with Crippen LogP contribution < -0.4 is 10.2 Å². The van der Waals surface area contributed by atoms with Gasteiger partial charge in [0.15, 0.2) is 12.1 Å². The van der Waals surface area contributed by atoms with Gasteiger partial charge in [-0.15, -0.1) is 0 Å². The number of hydrogen-bond acceptors (Lipinski definition) is 6. The molecule has 2 aliphatic rings. The Balaban J connectivity index is 1.49. The fourth-order valence-corrected chi connectivity index (χ4v) is 3.57. The van der Waals surface area contributed by atoms with Crippen molar-refractivity contribution in [1.82, 2.24) is 5.01 Å². The molecule has 1 saturated heterocycles. The lowest BCUT2D eigenvalue weighted by Crippen LogP contribution is -2.43. The average Bonchev–Trinajstić information content (AvgIpc) is 3.23. The molecule has 2 heterocycles. The van der Waals surface area contributed by atoms with Crippen LogP contribution in [-0.2, 0) is 20.8 Å². The summed E-state index contributed by atoms with van der Waals surface area (Å²) in [5.41, 5.74) is 2.05. The monoisotopic (exact) mass is 411 g/mol. The van der Waals surface area contributed by atoms with E-state index in [0.717, 1.165) is 16.9 Å². The number of hydrogen-bond donors (Lipinski definition) is 1. The van der Waals surface area contributed by atoms with Crippen molar-refractivity contribution in [3.05, 3.63) is 59.1 Å². The molecule has 2 aliphatic heterocycles. The molecule has 9 heteroatoms. The highest BCUT2D eigenvalue weighted by Gasteiger charge is 2.55. The number of carbonyl (C=O) groups is 3. The van der Waals surface area contributed by atoms with Gasteiger partial charge in [-0.25, -0.2) is 4.90 Å². The second-order valence-corrected chi connectivity index (χ2v) is 7.16. The van der Waals surface area contributed by atoms with Crippen molar-refractivity contribution in [3.63, 3.8) is 0 Å². The molecule has 0 aliphatic carbocycles. The number of rotatable bonds is 5. The predicted octanol–water partition coefficient (Wildman–Crippen LogP) is 2.83. The number of aryl methyl sites for hydroxylation is 1. The van der Waals surface area contributed by atoms with Crippen LogP contribution >= 0.6 is 11.6 Å². The molecule has 4 rings (SSSR count). The van der Waals surface area contributed by atoms with E-state index < -0.39 is 29.8 Å². The van der Waals surface area contributed by atoms with Crippen molar-refractivity contribution in [2.75, 3.05) is 16.8 Å². The summed E-state index contributed by atoms with van der Waals surface area (Å²) in [6, 6.07) is 12.2. The van der Waals surface area contributed by atoms with Crippen LogP contribution in [0.4, 0.5) is 11.4 Å². The summed E-state index contributed by atoms with van der Waals surface area (Å²) >= 11 is 6.05. The summed E-state index contributed by atoms with van der Waals surface area (Å²) in [5.74, 6) is -1.30. The van der Waals surface area contributed by atoms with Crippen LogP contribution in [0.5, 0.6) is 0 Å². The van der Waals surface area contributed by atoms with Crippen LogP contribution in [0, 0.1) is 0 Å². The molecule has 0 unspecified atom stereocenters. The smallest absolute Gasteiger partial charge is 0.263 e. The fourth-order valence-electron chi connectivity index (χ4n) is 3.39. The van der Waals surface area contributed by atoms with E-state index in [1.807, 2.05) is 19.1 Å². The summed E-state index contributed by atoms with van der Waals surface area (Å²) in [7, 11) is 0. The topological polar surface area (TPSA) is 94.4 Å². The Labute approximate surface area is 172 Å². The normalized spacial score (nSPS) is 20.3. The molecule has 3 amide bonds. The number of halogens is 1. The molecule has 2 aromatic carbocycles. The molecule has 148 valence electrons. The first-order chi connectivity index (χ1) is 14.0. The van der Waals surface area contributed by atoms with Crippen LogP contribution in [-0.4, -0.2) is 41.4 Å². The van der Waals surface area contributed by atoms with Crippen LogP contribution in [0.2, 0.25) is 5.02 Å². The Morgan fingerprint density at radius 3 is 2.52 bits per heavy atom. The van der Waals surface area contributed by atoms with E-state index in [2.05, 4.69) is 15.7 Å². The van der Waals surface area contributed by atoms with Gasteiger partial charge in [-0.05, 0) is 36.2 Å². The number of benzene rings is 2. The van der Waals surface area contributed by atoms with Gasteiger partial charge in [-0.1, -0.05) is 48.0 Å². The molecular formula is C20H18ClN5O3. The van der Waals surface area contributed by atoms with E-state index in [1.165, 1.54) is 5.01 Å². The van der Waals surface area contributed by atoms with Crippen molar-refractivity contribution in [2.24, 2.45) is 10.3 Å². The summed E-state index contributed by atoms with van der Waals surface area (Å²) in [5, 5.41) is 12.1. The van der Waals surface area contributed by atoms with Gasteiger partial charge in [-0.3, -0.25) is 19.4 Å². The molecule has 0 saturated carbocycles. The number of nitrogens with zero attached hydrogens (tertiary/aromatic N) is 4. The van der Waals surface area contributed by atoms with Crippen molar-refractivity contribution in [3.8, 4) is 0 Å². The third-order valence-corrected chi connectivity index (χ3v) is 5.24. The number of fused-ring (bicyclic) bond motifs is 1. The van der Waals surface area contributed by atoms with Gasteiger partial charge in [0.1, 0.15) is 6.54 Å². The number of nitrogens with one attached hydrogen (secondary N) is 1. The minimum absolute atomic E-state index is 0.225. The molecule has 1 fully saturated rings. The Morgan fingerprint density at radius 1 is 1.10 bits per heavy atom. The number of amides is 3. The molecule has 2 aromatic rings. The lowest BCUT2D eigenvalue weighted by molar-refractivity contribution is -0.123. The third-order valence-electron chi connectivity index (χ3n) is 4.91. The Kier molecular flexibility index (Phi) is 5.02. The summed E-state index contributed by atoms with van der Waals surface area (Å²) < 4.78 is 0. The van der Waals surface area contributed by atoms with Gasteiger partial charge in [0.25, 0.3) is 11.8 Å². The summed E-state index contributed by atoms with van der Waals surface area (Å²) in [4.78, 5) is 39.2. The quantitative estimate of drug-likeness (QED) is 0.765. The largest absolute Gasteiger partial charge is 0.323 e. The second-order valence-electron chi connectivity index (χ2n) is 6.75. The van der Waals surface area contributed by atoms with Gasteiger partial charge in [0.2, 0.25) is 5.91 Å². The second kappa shape index (κ2) is 7.63. The van der Waals surface area contributed by atoms with Gasteiger partial charge in [0.05, 0.1) is 16.4 Å². The molecule has 0 aromatic heterocycles. The average molecular weight is 412 g/mol. The van der Waals surface area contributed by atoms with Crippen molar-refractivity contribution >= 4 is 40.7 Å². The lowest BCUT2D eigenvalue weighted by Gasteiger charge is -2.20. The molecule has 29 heavy (non-hydrogen) atoms. The Bertz CT molecular complexity index is 1010. The highest BCUT2D eigenvalue weighted by atomic mass is 35.5. The van der Waals surface area contributed by atoms with Gasteiger partial charge in [-0.2, -0.15) is 5.11 Å². The number of anilines is 2. The number of carbonyl (C=O) groups excluding carboxylic acids is 3. The molecule has 0 bridgehead atoms. The minimum atomic E-state index is -0.943. The highest BCUT2D eigenvalue weighted by molar-refractivity contribution is 6.33. The van der Waals surface area contributed by atoms with Crippen molar-refractivity contribution in [2.45, 2.75) is 25.4 Å². The van der Waals surface area contributed by atoms with Crippen LogP contribution in [0.25, 0.3) is 0 Å². The molecule has 8 nitrogen and oxygen atoms in total. The molecule has 0 radical (unpaired) electrons. The summed E-state index contributed by atoms with van der Waals surface area (Å²) in [6.07, 6.45) is 0.857. The van der Waals surface area contributed by atoms with E-state index in [4.69, 9.17) is 11.6 Å². The molecule has 0 spiro atoms. The highest BCUT2D eigenvalue weighted by Crippen LogP contribution is 2.32. The maximum Gasteiger partial charge on any atom is 0.263 e. The Hall–Kier alpha value is -3.26. The van der Waals surface area contributed by atoms with Gasteiger partial charge >= 0.3 is 0 Å². The van der Waals surface area contributed by atoms with Crippen molar-refractivity contribution < 1.29 is 14.4 Å². The van der Waals surface area contributed by atoms with E-state index in [9.17, 15) is 14.4 Å².